The van der Waals surface area contributed by atoms with Crippen LogP contribution >= 0.6 is 40.3 Å². The number of benzene rings is 1. The molecule has 0 aliphatic rings. The molecule has 0 aliphatic carbocycles. The maximum Gasteiger partial charge on any atom is 0.252 e. The molecule has 0 saturated carbocycles. The number of hydrogen-bond donors (Lipinski definition) is 2. The topological polar surface area (TPSA) is 29.1 Å². The van der Waals surface area contributed by atoms with E-state index in [0.717, 1.165) is 17.3 Å². The highest BCUT2D eigenvalue weighted by molar-refractivity contribution is 9.10. The van der Waals surface area contributed by atoms with Gasteiger partial charge in [0.2, 0.25) is 0 Å². The van der Waals surface area contributed by atoms with E-state index in [2.05, 4.69) is 54.0 Å². The number of thioether (sulfide) groups is 1. The molecular formula is C14H20BrNOS2. The molecule has 2 nitrogen and oxygen atoms in total. The van der Waals surface area contributed by atoms with Crippen LogP contribution in [0.25, 0.3) is 0 Å². The molecule has 0 saturated heterocycles. The number of rotatable bonds is 6. The monoisotopic (exact) mass is 361 g/mol. The van der Waals surface area contributed by atoms with Crippen LogP contribution < -0.4 is 5.32 Å². The molecule has 0 bridgehead atoms. The Kier molecular flexibility index (Phi) is 6.77. The Balaban J connectivity index is 2.75. The fraction of sp³-hybridized carbons (Fsp3) is 0.500. The Morgan fingerprint density at radius 2 is 2.05 bits per heavy atom. The molecule has 1 aromatic carbocycles. The van der Waals surface area contributed by atoms with Gasteiger partial charge in [-0.05, 0) is 37.3 Å². The quantitative estimate of drug-likeness (QED) is 0.735. The van der Waals surface area contributed by atoms with Gasteiger partial charge in [-0.1, -0.05) is 29.8 Å². The van der Waals surface area contributed by atoms with Crippen molar-refractivity contribution in [1.29, 1.82) is 0 Å². The van der Waals surface area contributed by atoms with Crippen molar-refractivity contribution in [3.05, 3.63) is 28.2 Å². The Labute approximate surface area is 133 Å². The smallest absolute Gasteiger partial charge is 0.252 e. The minimum absolute atomic E-state index is 0.0576. The zero-order chi connectivity index (χ0) is 14.5. The number of halogens is 1. The van der Waals surface area contributed by atoms with Crippen molar-refractivity contribution < 1.29 is 4.79 Å². The van der Waals surface area contributed by atoms with Gasteiger partial charge in [0, 0.05) is 20.7 Å². The zero-order valence-corrected chi connectivity index (χ0v) is 14.8. The first-order valence-electron chi connectivity index (χ1n) is 6.30. The summed E-state index contributed by atoms with van der Waals surface area (Å²) < 4.78 is 1.05. The first-order chi connectivity index (χ1) is 8.98. The zero-order valence-electron chi connectivity index (χ0n) is 11.5. The van der Waals surface area contributed by atoms with Crippen LogP contribution in [0.1, 0.15) is 37.0 Å². The minimum atomic E-state index is -0.0576. The van der Waals surface area contributed by atoms with Crippen LogP contribution in [0.3, 0.4) is 0 Å². The fourth-order valence-corrected chi connectivity index (χ4v) is 3.54. The van der Waals surface area contributed by atoms with Crippen molar-refractivity contribution in [3.8, 4) is 0 Å². The first-order valence-corrected chi connectivity index (χ1v) is 8.76. The molecule has 1 rings (SSSR count). The lowest BCUT2D eigenvalue weighted by Crippen LogP contribution is -2.39. The maximum absolute atomic E-state index is 12.2. The van der Waals surface area contributed by atoms with Crippen LogP contribution in [0.4, 0.5) is 0 Å². The van der Waals surface area contributed by atoms with Crippen molar-refractivity contribution in [2.75, 3.05) is 12.8 Å². The van der Waals surface area contributed by atoms with Gasteiger partial charge < -0.3 is 5.32 Å². The summed E-state index contributed by atoms with van der Waals surface area (Å²) in [5.74, 6) is -0.0576. The van der Waals surface area contributed by atoms with Crippen molar-refractivity contribution in [2.45, 2.75) is 36.3 Å². The molecule has 0 aromatic heterocycles. The van der Waals surface area contributed by atoms with E-state index in [1.807, 2.05) is 23.9 Å². The summed E-state index contributed by atoms with van der Waals surface area (Å²) in [6, 6.07) is 5.48. The number of nitrogens with one attached hydrogen (secondary N) is 1. The van der Waals surface area contributed by atoms with E-state index in [9.17, 15) is 4.79 Å². The second kappa shape index (κ2) is 7.60. The van der Waals surface area contributed by atoms with Crippen LogP contribution in [0.15, 0.2) is 27.6 Å². The lowest BCUT2D eigenvalue weighted by atomic mass is 10.0. The number of carbonyl (C=O) groups excluding carboxylic acids is 1. The summed E-state index contributed by atoms with van der Waals surface area (Å²) in [5.41, 5.74) is 0.619. The van der Waals surface area contributed by atoms with Gasteiger partial charge in [-0.2, -0.15) is 11.8 Å². The highest BCUT2D eigenvalue weighted by atomic mass is 79.9. The Morgan fingerprint density at radius 1 is 1.42 bits per heavy atom. The summed E-state index contributed by atoms with van der Waals surface area (Å²) in [6.45, 7) is 5.01. The largest absolute Gasteiger partial charge is 0.351 e. The summed E-state index contributed by atoms with van der Waals surface area (Å²) in [6.07, 6.45) is 4.18. The standard InChI is InChI=1S/C14H20BrNOS2/c1-4-14(5-2,19-3)9-16-13(17)11-7-6-10(15)8-12(11)18/h6-8,18H,4-5,9H2,1-3H3,(H,16,17). The minimum Gasteiger partial charge on any atom is -0.351 e. The Bertz CT molecular complexity index is 439. The second-order valence-electron chi connectivity index (χ2n) is 4.44. The molecule has 0 unspecified atom stereocenters. The van der Waals surface area contributed by atoms with Crippen LogP contribution in [-0.2, 0) is 0 Å². The third kappa shape index (κ3) is 4.43. The molecule has 0 atom stereocenters. The Hall–Kier alpha value is -0.130. The lowest BCUT2D eigenvalue weighted by Gasteiger charge is -2.29. The van der Waals surface area contributed by atoms with Crippen LogP contribution in [-0.4, -0.2) is 23.5 Å². The Morgan fingerprint density at radius 3 is 2.53 bits per heavy atom. The van der Waals surface area contributed by atoms with Gasteiger partial charge in [-0.25, -0.2) is 0 Å². The number of thiol groups is 1. The van der Waals surface area contributed by atoms with Gasteiger partial charge in [0.15, 0.2) is 0 Å². The molecule has 1 aromatic rings. The molecule has 0 aliphatic heterocycles. The molecule has 5 heteroatoms. The van der Waals surface area contributed by atoms with Gasteiger partial charge in [0.25, 0.3) is 5.91 Å². The van der Waals surface area contributed by atoms with Crippen LogP contribution in [0, 0.1) is 0 Å². The van der Waals surface area contributed by atoms with E-state index in [-0.39, 0.29) is 10.7 Å². The molecule has 1 amide bonds. The van der Waals surface area contributed by atoms with Gasteiger partial charge in [-0.3, -0.25) is 4.79 Å². The van der Waals surface area contributed by atoms with E-state index in [4.69, 9.17) is 0 Å². The molecule has 0 spiro atoms. The summed E-state index contributed by atoms with van der Waals surface area (Å²) in [5, 5.41) is 3.03. The van der Waals surface area contributed by atoms with Crippen molar-refractivity contribution in [1.82, 2.24) is 5.32 Å². The van der Waals surface area contributed by atoms with Crippen LogP contribution in [0.5, 0.6) is 0 Å². The number of carbonyl (C=O) groups is 1. The molecule has 0 radical (unpaired) electrons. The second-order valence-corrected chi connectivity index (χ2v) is 7.11. The summed E-state index contributed by atoms with van der Waals surface area (Å²) >= 11 is 9.53. The first kappa shape index (κ1) is 16.9. The van der Waals surface area contributed by atoms with Gasteiger partial charge in [0.1, 0.15) is 0 Å². The average molecular weight is 362 g/mol. The molecule has 19 heavy (non-hydrogen) atoms. The number of hydrogen-bond acceptors (Lipinski definition) is 3. The third-order valence-corrected chi connectivity index (χ3v) is 5.95. The SMILES string of the molecule is CCC(CC)(CNC(=O)c1ccc(Br)cc1S)SC. The predicted octanol–water partition coefficient (Wildman–Crippen LogP) is 4.39. The molecule has 106 valence electrons. The van der Waals surface area contributed by atoms with Gasteiger partial charge in [-0.15, -0.1) is 12.6 Å². The van der Waals surface area contributed by atoms with Crippen molar-refractivity contribution >= 4 is 46.2 Å². The van der Waals surface area contributed by atoms with Crippen molar-refractivity contribution in [2.24, 2.45) is 0 Å². The van der Waals surface area contributed by atoms with E-state index < -0.39 is 0 Å². The van der Waals surface area contributed by atoms with E-state index in [1.165, 1.54) is 0 Å². The third-order valence-electron chi connectivity index (χ3n) is 3.50. The summed E-state index contributed by atoms with van der Waals surface area (Å²) in [7, 11) is 0. The van der Waals surface area contributed by atoms with Gasteiger partial charge >= 0.3 is 0 Å². The van der Waals surface area contributed by atoms with Crippen LogP contribution in [0.2, 0.25) is 0 Å². The van der Waals surface area contributed by atoms with E-state index in [1.54, 1.807) is 6.07 Å². The summed E-state index contributed by atoms with van der Waals surface area (Å²) in [4.78, 5) is 12.9. The highest BCUT2D eigenvalue weighted by Crippen LogP contribution is 2.29. The number of amides is 1. The highest BCUT2D eigenvalue weighted by Gasteiger charge is 2.25. The van der Waals surface area contributed by atoms with Crippen molar-refractivity contribution in [3.63, 3.8) is 0 Å². The normalized spacial score (nSPS) is 11.4. The molecular weight excluding hydrogens is 342 g/mol. The fourth-order valence-electron chi connectivity index (χ4n) is 1.89. The average Bonchev–Trinajstić information content (AvgIpc) is 2.40. The maximum atomic E-state index is 12.2. The lowest BCUT2D eigenvalue weighted by molar-refractivity contribution is 0.0946. The van der Waals surface area contributed by atoms with E-state index >= 15 is 0 Å². The molecule has 0 fully saturated rings. The molecule has 1 N–H and O–H groups in total. The molecule has 0 heterocycles. The predicted molar refractivity (Wildman–Crippen MR) is 90.6 cm³/mol. The van der Waals surface area contributed by atoms with E-state index in [0.29, 0.717) is 17.0 Å². The van der Waals surface area contributed by atoms with Gasteiger partial charge in [0.05, 0.1) is 5.56 Å².